The lowest BCUT2D eigenvalue weighted by Gasteiger charge is -2.29. The van der Waals surface area contributed by atoms with E-state index in [0.29, 0.717) is 18.3 Å². The van der Waals surface area contributed by atoms with Crippen LogP contribution in [0.5, 0.6) is 0 Å². The van der Waals surface area contributed by atoms with Crippen molar-refractivity contribution in [3.63, 3.8) is 0 Å². The van der Waals surface area contributed by atoms with Gasteiger partial charge in [-0.1, -0.05) is 49.4 Å². The van der Waals surface area contributed by atoms with Crippen LogP contribution in [-0.2, 0) is 11.2 Å². The minimum Gasteiger partial charge on any atom is -0.345 e. The molecule has 3 nitrogen and oxygen atoms in total. The molecule has 0 spiro atoms. The molecule has 142 valence electrons. The zero-order chi connectivity index (χ0) is 17.6. The lowest BCUT2D eigenvalue weighted by molar-refractivity contribution is -0.131. The van der Waals surface area contributed by atoms with Gasteiger partial charge in [-0.05, 0) is 60.5 Å². The maximum atomic E-state index is 12.6. The minimum absolute atomic E-state index is 0. The molecule has 2 unspecified atom stereocenters. The Morgan fingerprint density at radius 1 is 1.23 bits per heavy atom. The molecule has 1 amide bonds. The summed E-state index contributed by atoms with van der Waals surface area (Å²) in [6.45, 7) is 5.20. The van der Waals surface area contributed by atoms with E-state index in [0.717, 1.165) is 26.1 Å². The van der Waals surface area contributed by atoms with Gasteiger partial charge in [0.05, 0.1) is 0 Å². The van der Waals surface area contributed by atoms with Crippen molar-refractivity contribution in [2.24, 2.45) is 11.8 Å². The van der Waals surface area contributed by atoms with E-state index in [1.165, 1.54) is 29.2 Å². The number of nitrogens with one attached hydrogen (secondary N) is 1. The first-order valence-electron chi connectivity index (χ1n) is 9.56. The number of rotatable bonds is 6. The predicted molar refractivity (Wildman–Crippen MR) is 112 cm³/mol. The number of amides is 1. The molecule has 1 aliphatic rings. The van der Waals surface area contributed by atoms with E-state index >= 15 is 0 Å². The highest BCUT2D eigenvalue weighted by Crippen LogP contribution is 2.23. The van der Waals surface area contributed by atoms with Crippen LogP contribution in [0.1, 0.15) is 31.7 Å². The molecule has 2 aromatic rings. The molecule has 4 heteroatoms. The van der Waals surface area contributed by atoms with Gasteiger partial charge < -0.3 is 10.2 Å². The van der Waals surface area contributed by atoms with Crippen molar-refractivity contribution in [3.05, 3.63) is 48.0 Å². The Bertz CT molecular complexity index is 707. The van der Waals surface area contributed by atoms with Crippen molar-refractivity contribution in [3.8, 4) is 0 Å². The summed E-state index contributed by atoms with van der Waals surface area (Å²) >= 11 is 0. The Morgan fingerprint density at radius 2 is 2.00 bits per heavy atom. The first-order valence-corrected chi connectivity index (χ1v) is 9.56. The highest BCUT2D eigenvalue weighted by Gasteiger charge is 2.23. The number of carbonyl (C=O) groups is 1. The molecule has 26 heavy (non-hydrogen) atoms. The summed E-state index contributed by atoms with van der Waals surface area (Å²) in [6.07, 6.45) is 4.06. The van der Waals surface area contributed by atoms with Crippen molar-refractivity contribution in [1.29, 1.82) is 0 Å². The first kappa shape index (κ1) is 20.7. The molecule has 0 aromatic heterocycles. The smallest absolute Gasteiger partial charge is 0.222 e. The molecule has 1 aliphatic heterocycles. The Kier molecular flexibility index (Phi) is 7.92. The summed E-state index contributed by atoms with van der Waals surface area (Å²) < 4.78 is 0. The number of hydrogen-bond donors (Lipinski definition) is 1. The third-order valence-corrected chi connectivity index (χ3v) is 5.66. The SMILES string of the molecule is CC(CC(=O)N(C)CCc1cccc2ccccc12)C1CCCNC1.Cl. The van der Waals surface area contributed by atoms with Gasteiger partial charge in [-0.3, -0.25) is 4.79 Å². The molecule has 1 N–H and O–H groups in total. The second-order valence-electron chi connectivity index (χ2n) is 7.49. The van der Waals surface area contributed by atoms with Gasteiger partial charge in [0.2, 0.25) is 5.91 Å². The van der Waals surface area contributed by atoms with Gasteiger partial charge in [-0.15, -0.1) is 12.4 Å². The third kappa shape index (κ3) is 5.21. The van der Waals surface area contributed by atoms with Gasteiger partial charge in [-0.25, -0.2) is 0 Å². The van der Waals surface area contributed by atoms with Gasteiger partial charge in [0.15, 0.2) is 0 Å². The van der Waals surface area contributed by atoms with Crippen LogP contribution in [0.4, 0.5) is 0 Å². The summed E-state index contributed by atoms with van der Waals surface area (Å²) in [5.74, 6) is 1.38. The van der Waals surface area contributed by atoms with Crippen LogP contribution in [0.25, 0.3) is 10.8 Å². The topological polar surface area (TPSA) is 32.3 Å². The summed E-state index contributed by atoms with van der Waals surface area (Å²) in [4.78, 5) is 14.5. The third-order valence-electron chi connectivity index (χ3n) is 5.66. The van der Waals surface area contributed by atoms with Crippen LogP contribution < -0.4 is 5.32 Å². The average Bonchev–Trinajstić information content (AvgIpc) is 2.66. The fraction of sp³-hybridized carbons (Fsp3) is 0.500. The van der Waals surface area contributed by atoms with E-state index in [2.05, 4.69) is 54.7 Å². The van der Waals surface area contributed by atoms with Gasteiger partial charge in [0, 0.05) is 20.0 Å². The van der Waals surface area contributed by atoms with Crippen LogP contribution in [-0.4, -0.2) is 37.5 Å². The fourth-order valence-electron chi connectivity index (χ4n) is 3.89. The van der Waals surface area contributed by atoms with Crippen LogP contribution in [0.15, 0.2) is 42.5 Å². The maximum Gasteiger partial charge on any atom is 0.222 e. The van der Waals surface area contributed by atoms with E-state index in [1.54, 1.807) is 0 Å². The monoisotopic (exact) mass is 374 g/mol. The van der Waals surface area contributed by atoms with Crippen LogP contribution in [0, 0.1) is 11.8 Å². The normalized spacial score (nSPS) is 18.2. The van der Waals surface area contributed by atoms with Crippen LogP contribution in [0.2, 0.25) is 0 Å². The van der Waals surface area contributed by atoms with Gasteiger partial charge >= 0.3 is 0 Å². The lowest BCUT2D eigenvalue weighted by Crippen LogP contribution is -2.36. The molecule has 0 radical (unpaired) electrons. The Labute approximate surface area is 163 Å². The van der Waals surface area contributed by atoms with Gasteiger partial charge in [0.25, 0.3) is 0 Å². The molecule has 0 bridgehead atoms. The summed E-state index contributed by atoms with van der Waals surface area (Å²) in [5, 5.41) is 6.03. The van der Waals surface area contributed by atoms with Gasteiger partial charge in [0.1, 0.15) is 0 Å². The maximum absolute atomic E-state index is 12.6. The quantitative estimate of drug-likeness (QED) is 0.818. The van der Waals surface area contributed by atoms with Gasteiger partial charge in [-0.2, -0.15) is 0 Å². The average molecular weight is 375 g/mol. The predicted octanol–water partition coefficient (Wildman–Crippen LogP) is 4.29. The van der Waals surface area contributed by atoms with E-state index in [9.17, 15) is 4.79 Å². The number of benzene rings is 2. The number of piperidine rings is 1. The number of hydrogen-bond acceptors (Lipinski definition) is 2. The zero-order valence-corrected chi connectivity index (χ0v) is 16.7. The fourth-order valence-corrected chi connectivity index (χ4v) is 3.89. The van der Waals surface area contributed by atoms with Crippen molar-refractivity contribution in [1.82, 2.24) is 10.2 Å². The molecule has 1 saturated heterocycles. The van der Waals surface area contributed by atoms with Crippen molar-refractivity contribution in [2.45, 2.75) is 32.6 Å². The largest absolute Gasteiger partial charge is 0.345 e. The zero-order valence-electron chi connectivity index (χ0n) is 15.9. The molecule has 2 aromatic carbocycles. The number of halogens is 1. The van der Waals surface area contributed by atoms with E-state index < -0.39 is 0 Å². The lowest BCUT2D eigenvalue weighted by atomic mass is 9.85. The first-order chi connectivity index (χ1) is 12.1. The Morgan fingerprint density at radius 3 is 2.77 bits per heavy atom. The minimum atomic E-state index is 0. The number of carbonyl (C=O) groups excluding carboxylic acids is 1. The molecular formula is C22H31ClN2O. The summed E-state index contributed by atoms with van der Waals surface area (Å²) in [6, 6.07) is 14.9. The summed E-state index contributed by atoms with van der Waals surface area (Å²) in [5.41, 5.74) is 1.32. The van der Waals surface area contributed by atoms with Crippen molar-refractivity contribution >= 4 is 29.1 Å². The van der Waals surface area contributed by atoms with Crippen LogP contribution >= 0.6 is 12.4 Å². The molecular weight excluding hydrogens is 344 g/mol. The van der Waals surface area contributed by atoms with Crippen LogP contribution in [0.3, 0.4) is 0 Å². The highest BCUT2D eigenvalue weighted by molar-refractivity contribution is 5.86. The summed E-state index contributed by atoms with van der Waals surface area (Å²) in [7, 11) is 1.94. The Balaban J connectivity index is 0.00000243. The van der Waals surface area contributed by atoms with E-state index in [4.69, 9.17) is 0 Å². The molecule has 0 aliphatic carbocycles. The van der Waals surface area contributed by atoms with E-state index in [-0.39, 0.29) is 18.3 Å². The van der Waals surface area contributed by atoms with Crippen molar-refractivity contribution < 1.29 is 4.79 Å². The second-order valence-corrected chi connectivity index (χ2v) is 7.49. The number of likely N-dealkylation sites (N-methyl/N-ethyl adjacent to an activating group) is 1. The Hall–Kier alpha value is -1.58. The van der Waals surface area contributed by atoms with E-state index in [1.807, 2.05) is 11.9 Å². The highest BCUT2D eigenvalue weighted by atomic mass is 35.5. The molecule has 0 saturated carbocycles. The molecule has 1 fully saturated rings. The number of fused-ring (bicyclic) bond motifs is 1. The molecule has 2 atom stereocenters. The number of nitrogens with zero attached hydrogens (tertiary/aromatic N) is 1. The molecule has 3 rings (SSSR count). The standard InChI is InChI=1S/C22H30N2O.ClH/c1-17(20-10-6-13-23-16-20)15-22(25)24(2)14-12-19-9-5-8-18-7-3-4-11-21(18)19;/h3-5,7-9,11,17,20,23H,6,10,12-16H2,1-2H3;1H. The second kappa shape index (κ2) is 9.94. The van der Waals surface area contributed by atoms with Crippen molar-refractivity contribution in [2.75, 3.05) is 26.7 Å². The molecule has 1 heterocycles.